The number of benzene rings is 2. The molecule has 0 radical (unpaired) electrons. The second-order valence-corrected chi connectivity index (χ2v) is 5.66. The van der Waals surface area contributed by atoms with Crippen LogP contribution in [-0.2, 0) is 4.79 Å². The summed E-state index contributed by atoms with van der Waals surface area (Å²) in [6.07, 6.45) is 0.159. The Morgan fingerprint density at radius 1 is 1.00 bits per heavy atom. The highest BCUT2D eigenvalue weighted by atomic mass is 16.4. The lowest BCUT2D eigenvalue weighted by molar-refractivity contribution is -0.137. The van der Waals surface area contributed by atoms with Gasteiger partial charge < -0.3 is 5.11 Å². The maximum Gasteiger partial charge on any atom is 0.304 e. The third kappa shape index (κ3) is 1.75. The van der Waals surface area contributed by atoms with Crippen LogP contribution in [0.1, 0.15) is 40.2 Å². The fraction of sp³-hybridized carbons (Fsp3) is 0.278. The van der Waals surface area contributed by atoms with E-state index in [0.717, 1.165) is 5.56 Å². The molecule has 1 aliphatic rings. The van der Waals surface area contributed by atoms with E-state index in [9.17, 15) is 9.90 Å². The Kier molecular flexibility index (Phi) is 2.89. The topological polar surface area (TPSA) is 37.3 Å². The van der Waals surface area contributed by atoms with Gasteiger partial charge in [0.2, 0.25) is 0 Å². The second-order valence-electron chi connectivity index (χ2n) is 5.66. The molecule has 2 aromatic carbocycles. The Hall–Kier alpha value is -2.09. The predicted molar refractivity (Wildman–Crippen MR) is 80.2 cm³/mol. The molecule has 2 aromatic rings. The highest BCUT2D eigenvalue weighted by Crippen LogP contribution is 2.49. The Bertz CT molecular complexity index is 714. The summed E-state index contributed by atoms with van der Waals surface area (Å²) < 4.78 is 0. The van der Waals surface area contributed by atoms with Crippen molar-refractivity contribution >= 4 is 5.97 Å². The molecule has 1 unspecified atom stereocenters. The highest BCUT2D eigenvalue weighted by Gasteiger charge is 2.32. The number of carbonyl (C=O) groups is 1. The Balaban J connectivity index is 2.33. The molecule has 3 rings (SSSR count). The summed E-state index contributed by atoms with van der Waals surface area (Å²) in [6.45, 7) is 6.35. The second kappa shape index (κ2) is 4.48. The van der Waals surface area contributed by atoms with Crippen LogP contribution in [0.15, 0.2) is 30.3 Å². The van der Waals surface area contributed by atoms with Crippen molar-refractivity contribution in [1.82, 2.24) is 0 Å². The summed E-state index contributed by atoms with van der Waals surface area (Å²) in [5.41, 5.74) is 8.58. The zero-order valence-corrected chi connectivity index (χ0v) is 12.0. The van der Waals surface area contributed by atoms with Gasteiger partial charge in [0.05, 0.1) is 6.42 Å². The van der Waals surface area contributed by atoms with Gasteiger partial charge in [0, 0.05) is 5.92 Å². The quantitative estimate of drug-likeness (QED) is 0.884. The van der Waals surface area contributed by atoms with Gasteiger partial charge in [-0.15, -0.1) is 0 Å². The Morgan fingerprint density at radius 2 is 1.70 bits per heavy atom. The average molecular weight is 266 g/mol. The largest absolute Gasteiger partial charge is 0.481 e. The lowest BCUT2D eigenvalue weighted by Crippen LogP contribution is -2.05. The highest BCUT2D eigenvalue weighted by molar-refractivity contribution is 5.86. The summed E-state index contributed by atoms with van der Waals surface area (Å²) in [5.74, 6) is -0.759. The normalized spacial score (nSPS) is 15.8. The third-order valence-corrected chi connectivity index (χ3v) is 4.45. The Labute approximate surface area is 119 Å². The van der Waals surface area contributed by atoms with Crippen LogP contribution in [0.5, 0.6) is 0 Å². The van der Waals surface area contributed by atoms with E-state index >= 15 is 0 Å². The molecule has 2 nitrogen and oxygen atoms in total. The first-order chi connectivity index (χ1) is 9.50. The lowest BCUT2D eigenvalue weighted by Gasteiger charge is -2.12. The molecular formula is C18H18O2. The number of hydrogen-bond acceptors (Lipinski definition) is 1. The van der Waals surface area contributed by atoms with Crippen LogP contribution < -0.4 is 0 Å². The molecular weight excluding hydrogens is 248 g/mol. The molecule has 0 saturated carbocycles. The number of rotatable bonds is 2. The van der Waals surface area contributed by atoms with Gasteiger partial charge >= 0.3 is 5.97 Å². The van der Waals surface area contributed by atoms with Gasteiger partial charge in [-0.3, -0.25) is 4.79 Å². The average Bonchev–Trinajstić information content (AvgIpc) is 2.70. The zero-order valence-electron chi connectivity index (χ0n) is 12.0. The molecule has 102 valence electrons. The maximum atomic E-state index is 11.2. The van der Waals surface area contributed by atoms with Crippen LogP contribution in [0.25, 0.3) is 11.1 Å². The van der Waals surface area contributed by atoms with Gasteiger partial charge in [0.15, 0.2) is 0 Å². The predicted octanol–water partition coefficient (Wildman–Crippen LogP) is 4.20. The van der Waals surface area contributed by atoms with Crippen LogP contribution in [0, 0.1) is 20.8 Å². The fourth-order valence-corrected chi connectivity index (χ4v) is 3.34. The van der Waals surface area contributed by atoms with Crippen LogP contribution in [0.2, 0.25) is 0 Å². The summed E-state index contributed by atoms with van der Waals surface area (Å²) in [6, 6.07) is 10.4. The summed E-state index contributed by atoms with van der Waals surface area (Å²) in [4.78, 5) is 11.2. The number of carboxylic acids is 1. The van der Waals surface area contributed by atoms with Gasteiger partial charge in [-0.25, -0.2) is 0 Å². The number of carboxylic acid groups (broad SMARTS) is 1. The molecule has 0 saturated heterocycles. The number of aliphatic carboxylic acids is 1. The van der Waals surface area contributed by atoms with E-state index < -0.39 is 5.97 Å². The first-order valence-corrected chi connectivity index (χ1v) is 6.92. The molecule has 1 aliphatic carbocycles. The summed E-state index contributed by atoms with van der Waals surface area (Å²) in [7, 11) is 0. The van der Waals surface area contributed by atoms with Crippen LogP contribution in [-0.4, -0.2) is 11.1 Å². The number of aryl methyl sites for hydroxylation is 2. The smallest absolute Gasteiger partial charge is 0.304 e. The van der Waals surface area contributed by atoms with E-state index in [0.29, 0.717) is 0 Å². The molecule has 1 N–H and O–H groups in total. The monoisotopic (exact) mass is 266 g/mol. The van der Waals surface area contributed by atoms with Gasteiger partial charge in [-0.2, -0.15) is 0 Å². The number of fused-ring (bicyclic) bond motifs is 3. The van der Waals surface area contributed by atoms with Crippen molar-refractivity contribution in [2.24, 2.45) is 0 Å². The van der Waals surface area contributed by atoms with E-state index in [1.807, 2.05) is 6.07 Å². The molecule has 0 fully saturated rings. The molecule has 0 aromatic heterocycles. The first kappa shape index (κ1) is 12.9. The summed E-state index contributed by atoms with van der Waals surface area (Å²) >= 11 is 0. The van der Waals surface area contributed by atoms with E-state index in [1.165, 1.54) is 33.4 Å². The van der Waals surface area contributed by atoms with Crippen molar-refractivity contribution in [3.8, 4) is 11.1 Å². The van der Waals surface area contributed by atoms with Crippen LogP contribution >= 0.6 is 0 Å². The maximum absolute atomic E-state index is 11.2. The van der Waals surface area contributed by atoms with Crippen LogP contribution in [0.3, 0.4) is 0 Å². The Morgan fingerprint density at radius 3 is 2.40 bits per heavy atom. The SMILES string of the molecule is Cc1ccc2c(c1C)-c1c(C)cccc1C2CC(=O)O. The minimum absolute atomic E-state index is 0.0169. The van der Waals surface area contributed by atoms with Crippen molar-refractivity contribution in [2.45, 2.75) is 33.1 Å². The van der Waals surface area contributed by atoms with E-state index in [4.69, 9.17) is 0 Å². The minimum atomic E-state index is -0.742. The third-order valence-electron chi connectivity index (χ3n) is 4.45. The van der Waals surface area contributed by atoms with Crippen molar-refractivity contribution in [3.63, 3.8) is 0 Å². The molecule has 1 atom stereocenters. The standard InChI is InChI=1S/C18H18O2/c1-10-7-8-14-15(9-16(19)20)13-6-4-5-11(2)17(13)18(14)12(10)3/h4-8,15H,9H2,1-3H3,(H,19,20). The molecule has 0 heterocycles. The van der Waals surface area contributed by atoms with Gasteiger partial charge in [0.25, 0.3) is 0 Å². The van der Waals surface area contributed by atoms with Crippen molar-refractivity contribution in [3.05, 3.63) is 58.1 Å². The van der Waals surface area contributed by atoms with Gasteiger partial charge in [0.1, 0.15) is 0 Å². The molecule has 0 amide bonds. The molecule has 0 spiro atoms. The van der Waals surface area contributed by atoms with Crippen molar-refractivity contribution in [1.29, 1.82) is 0 Å². The molecule has 20 heavy (non-hydrogen) atoms. The molecule has 0 aliphatic heterocycles. The number of hydrogen-bond donors (Lipinski definition) is 1. The van der Waals surface area contributed by atoms with Crippen molar-refractivity contribution < 1.29 is 9.90 Å². The van der Waals surface area contributed by atoms with Crippen LogP contribution in [0.4, 0.5) is 0 Å². The first-order valence-electron chi connectivity index (χ1n) is 6.92. The fourth-order valence-electron chi connectivity index (χ4n) is 3.34. The van der Waals surface area contributed by atoms with Gasteiger partial charge in [-0.05, 0) is 59.7 Å². The minimum Gasteiger partial charge on any atom is -0.481 e. The summed E-state index contributed by atoms with van der Waals surface area (Å²) in [5, 5.41) is 9.22. The van der Waals surface area contributed by atoms with E-state index in [-0.39, 0.29) is 12.3 Å². The molecule has 0 bridgehead atoms. The van der Waals surface area contributed by atoms with Gasteiger partial charge in [-0.1, -0.05) is 30.3 Å². The zero-order chi connectivity index (χ0) is 14.4. The van der Waals surface area contributed by atoms with Crippen molar-refractivity contribution in [2.75, 3.05) is 0 Å². The molecule has 2 heteroatoms. The van der Waals surface area contributed by atoms with E-state index in [1.54, 1.807) is 0 Å². The van der Waals surface area contributed by atoms with E-state index in [2.05, 4.69) is 45.0 Å². The lowest BCUT2D eigenvalue weighted by atomic mass is 9.92.